The van der Waals surface area contributed by atoms with E-state index in [-0.39, 0.29) is 0 Å². The van der Waals surface area contributed by atoms with Gasteiger partial charge in [0.15, 0.2) is 0 Å². The topological polar surface area (TPSA) is 27.1 Å². The Bertz CT molecular complexity index is 862. The Hall–Kier alpha value is -2.29. The Balaban J connectivity index is 1.76. The van der Waals surface area contributed by atoms with E-state index in [1.54, 1.807) is 0 Å². The van der Waals surface area contributed by atoms with E-state index in [9.17, 15) is 0 Å². The molecule has 1 aromatic heterocycles. The summed E-state index contributed by atoms with van der Waals surface area (Å²) in [5.41, 5.74) is 7.30. The van der Waals surface area contributed by atoms with Crippen LogP contribution in [-0.2, 0) is 6.54 Å². The zero-order valence-corrected chi connectivity index (χ0v) is 15.3. The van der Waals surface area contributed by atoms with Gasteiger partial charge in [-0.15, -0.1) is 0 Å². The number of ether oxygens (including phenoxy) is 1. The van der Waals surface area contributed by atoms with Gasteiger partial charge in [0.2, 0.25) is 0 Å². The van der Waals surface area contributed by atoms with E-state index in [0.29, 0.717) is 12.5 Å². The summed E-state index contributed by atoms with van der Waals surface area (Å²) in [6.07, 6.45) is 1.91. The van der Waals surface area contributed by atoms with E-state index < -0.39 is 0 Å². The molecular weight excluding hydrogens is 296 g/mol. The number of hydrogen-bond acceptors (Lipinski definition) is 2. The first-order chi connectivity index (χ1) is 11.5. The van der Waals surface area contributed by atoms with Gasteiger partial charge >= 0.3 is 0 Å². The van der Waals surface area contributed by atoms with Crippen LogP contribution in [0.3, 0.4) is 0 Å². The van der Waals surface area contributed by atoms with Gasteiger partial charge in [-0.3, -0.25) is 0 Å². The van der Waals surface area contributed by atoms with Crippen LogP contribution in [0, 0.1) is 20.8 Å². The number of nitrogens with zero attached hydrogens (tertiary/aromatic N) is 2. The van der Waals surface area contributed by atoms with Crippen molar-refractivity contribution in [2.45, 2.75) is 47.1 Å². The SMILES string of the molecule is Cc1ccc(C(C)C)c(OCCn2cnc3cc(C)c(C)cc32)c1. The van der Waals surface area contributed by atoms with E-state index in [4.69, 9.17) is 4.74 Å². The summed E-state index contributed by atoms with van der Waals surface area (Å²) in [6, 6.07) is 10.8. The first-order valence-corrected chi connectivity index (χ1v) is 8.61. The average molecular weight is 322 g/mol. The average Bonchev–Trinajstić information content (AvgIpc) is 2.90. The Kier molecular flexibility index (Phi) is 4.61. The van der Waals surface area contributed by atoms with E-state index >= 15 is 0 Å². The number of aryl methyl sites for hydroxylation is 3. The van der Waals surface area contributed by atoms with Crippen LogP contribution >= 0.6 is 0 Å². The highest BCUT2D eigenvalue weighted by molar-refractivity contribution is 5.77. The fraction of sp³-hybridized carbons (Fsp3) is 0.381. The molecule has 0 unspecified atom stereocenters. The van der Waals surface area contributed by atoms with Crippen molar-refractivity contribution < 1.29 is 4.74 Å². The maximum Gasteiger partial charge on any atom is 0.123 e. The molecule has 0 saturated carbocycles. The third kappa shape index (κ3) is 3.30. The Morgan fingerprint density at radius 1 is 1.04 bits per heavy atom. The van der Waals surface area contributed by atoms with Crippen molar-refractivity contribution in [3.8, 4) is 5.75 Å². The highest BCUT2D eigenvalue weighted by Crippen LogP contribution is 2.27. The van der Waals surface area contributed by atoms with Crippen LogP contribution in [0.5, 0.6) is 5.75 Å². The van der Waals surface area contributed by atoms with Crippen molar-refractivity contribution in [1.82, 2.24) is 9.55 Å². The molecule has 3 heteroatoms. The summed E-state index contributed by atoms with van der Waals surface area (Å²) >= 11 is 0. The molecule has 0 saturated heterocycles. The van der Waals surface area contributed by atoms with Gasteiger partial charge in [-0.1, -0.05) is 26.0 Å². The standard InChI is InChI=1S/C21H26N2O/c1-14(2)18-7-6-15(3)10-21(18)24-9-8-23-13-22-19-11-16(4)17(5)12-20(19)23/h6-7,10-14H,8-9H2,1-5H3. The molecular formula is C21H26N2O. The smallest absolute Gasteiger partial charge is 0.123 e. The predicted molar refractivity (Wildman–Crippen MR) is 100.0 cm³/mol. The number of fused-ring (bicyclic) bond motifs is 1. The van der Waals surface area contributed by atoms with Crippen LogP contribution in [0.1, 0.15) is 42.0 Å². The fourth-order valence-electron chi connectivity index (χ4n) is 2.99. The first kappa shape index (κ1) is 16.6. The van der Waals surface area contributed by atoms with Gasteiger partial charge in [0.05, 0.1) is 23.9 Å². The Morgan fingerprint density at radius 2 is 1.79 bits per heavy atom. The molecule has 3 nitrogen and oxygen atoms in total. The van der Waals surface area contributed by atoms with E-state index in [1.807, 2.05) is 6.33 Å². The molecule has 1 heterocycles. The van der Waals surface area contributed by atoms with Crippen LogP contribution in [0.15, 0.2) is 36.7 Å². The Labute approximate surface area is 144 Å². The minimum Gasteiger partial charge on any atom is -0.491 e. The summed E-state index contributed by atoms with van der Waals surface area (Å²) in [6.45, 7) is 12.2. The van der Waals surface area contributed by atoms with E-state index in [1.165, 1.54) is 27.8 Å². The zero-order valence-electron chi connectivity index (χ0n) is 15.3. The first-order valence-electron chi connectivity index (χ1n) is 8.61. The molecule has 0 bridgehead atoms. The molecule has 0 aliphatic rings. The van der Waals surface area contributed by atoms with E-state index in [2.05, 4.69) is 74.5 Å². The summed E-state index contributed by atoms with van der Waals surface area (Å²) in [7, 11) is 0. The lowest BCUT2D eigenvalue weighted by molar-refractivity contribution is 0.296. The van der Waals surface area contributed by atoms with Crippen molar-refractivity contribution in [2.75, 3.05) is 6.61 Å². The summed E-state index contributed by atoms with van der Waals surface area (Å²) in [5.74, 6) is 1.46. The van der Waals surface area contributed by atoms with E-state index in [0.717, 1.165) is 17.8 Å². The molecule has 3 aromatic rings. The lowest BCUT2D eigenvalue weighted by atomic mass is 10.0. The molecule has 0 aliphatic heterocycles. The van der Waals surface area contributed by atoms with Crippen LogP contribution in [0.4, 0.5) is 0 Å². The van der Waals surface area contributed by atoms with Crippen molar-refractivity contribution in [3.05, 3.63) is 58.9 Å². The molecule has 2 aromatic carbocycles. The molecule has 126 valence electrons. The number of aromatic nitrogens is 2. The summed E-state index contributed by atoms with van der Waals surface area (Å²) in [4.78, 5) is 4.51. The molecule has 0 aliphatic carbocycles. The molecule has 0 fully saturated rings. The number of benzene rings is 2. The molecule has 3 rings (SSSR count). The lowest BCUT2D eigenvalue weighted by Crippen LogP contribution is -2.09. The van der Waals surface area contributed by atoms with Gasteiger partial charge in [0, 0.05) is 0 Å². The van der Waals surface area contributed by atoms with Crippen molar-refractivity contribution in [1.29, 1.82) is 0 Å². The maximum absolute atomic E-state index is 6.11. The minimum absolute atomic E-state index is 0.459. The minimum atomic E-state index is 0.459. The molecule has 0 N–H and O–H groups in total. The summed E-state index contributed by atoms with van der Waals surface area (Å²) in [5, 5.41) is 0. The number of rotatable bonds is 5. The van der Waals surface area contributed by atoms with Crippen molar-refractivity contribution in [3.63, 3.8) is 0 Å². The van der Waals surface area contributed by atoms with Gasteiger partial charge in [-0.05, 0) is 67.1 Å². The largest absolute Gasteiger partial charge is 0.491 e. The van der Waals surface area contributed by atoms with Crippen LogP contribution in [0.2, 0.25) is 0 Å². The molecule has 0 atom stereocenters. The zero-order chi connectivity index (χ0) is 17.3. The third-order valence-electron chi connectivity index (χ3n) is 4.62. The lowest BCUT2D eigenvalue weighted by Gasteiger charge is -2.15. The normalized spacial score (nSPS) is 11.4. The second-order valence-corrected chi connectivity index (χ2v) is 6.91. The predicted octanol–water partition coefficient (Wildman–Crippen LogP) is 5.16. The monoisotopic (exact) mass is 322 g/mol. The Morgan fingerprint density at radius 3 is 2.54 bits per heavy atom. The number of imidazole rings is 1. The van der Waals surface area contributed by atoms with Crippen LogP contribution in [0.25, 0.3) is 11.0 Å². The summed E-state index contributed by atoms with van der Waals surface area (Å²) < 4.78 is 8.28. The van der Waals surface area contributed by atoms with Gasteiger partial charge < -0.3 is 9.30 Å². The van der Waals surface area contributed by atoms with Gasteiger partial charge in [0.1, 0.15) is 12.4 Å². The van der Waals surface area contributed by atoms with Crippen LogP contribution < -0.4 is 4.74 Å². The molecule has 24 heavy (non-hydrogen) atoms. The third-order valence-corrected chi connectivity index (χ3v) is 4.62. The second-order valence-electron chi connectivity index (χ2n) is 6.91. The second kappa shape index (κ2) is 6.68. The van der Waals surface area contributed by atoms with Gasteiger partial charge in [0.25, 0.3) is 0 Å². The highest BCUT2D eigenvalue weighted by atomic mass is 16.5. The van der Waals surface area contributed by atoms with Crippen molar-refractivity contribution >= 4 is 11.0 Å². The molecule has 0 spiro atoms. The molecule has 0 amide bonds. The highest BCUT2D eigenvalue weighted by Gasteiger charge is 2.09. The molecule has 0 radical (unpaired) electrons. The van der Waals surface area contributed by atoms with Gasteiger partial charge in [-0.25, -0.2) is 4.98 Å². The number of hydrogen-bond donors (Lipinski definition) is 0. The fourth-order valence-corrected chi connectivity index (χ4v) is 2.99. The van der Waals surface area contributed by atoms with Crippen molar-refractivity contribution in [2.24, 2.45) is 0 Å². The van der Waals surface area contributed by atoms with Gasteiger partial charge in [-0.2, -0.15) is 0 Å². The quantitative estimate of drug-likeness (QED) is 0.648. The van der Waals surface area contributed by atoms with Crippen LogP contribution in [-0.4, -0.2) is 16.2 Å². The maximum atomic E-state index is 6.11.